The zero-order valence-corrected chi connectivity index (χ0v) is 12.1. The van der Waals surface area contributed by atoms with Gasteiger partial charge >= 0.3 is 0 Å². The smallest absolute Gasteiger partial charge is 0.148 e. The molecule has 0 amide bonds. The molecule has 19 heavy (non-hydrogen) atoms. The Balaban J connectivity index is 1.74. The van der Waals surface area contributed by atoms with Crippen LogP contribution in [0.5, 0.6) is 0 Å². The zero-order chi connectivity index (χ0) is 13.7. The largest absolute Gasteiger partial charge is 0.367 e. The molecule has 1 aromatic heterocycles. The predicted molar refractivity (Wildman–Crippen MR) is 77.0 cm³/mol. The Kier molecular flexibility index (Phi) is 4.76. The van der Waals surface area contributed by atoms with Crippen LogP contribution in [0.4, 0.5) is 5.82 Å². The van der Waals surface area contributed by atoms with Crippen molar-refractivity contribution in [2.45, 2.75) is 18.9 Å². The Morgan fingerprint density at radius 2 is 2.11 bits per heavy atom. The molecule has 6 heteroatoms. The first kappa shape index (κ1) is 14.3. The minimum Gasteiger partial charge on any atom is -0.367 e. The number of likely N-dealkylation sites (tertiary alicyclic amines) is 1. The summed E-state index contributed by atoms with van der Waals surface area (Å²) in [6.07, 6.45) is 5.13. The van der Waals surface area contributed by atoms with Crippen LogP contribution in [0, 0.1) is 0 Å². The highest BCUT2D eigenvalue weighted by molar-refractivity contribution is 7.90. The number of hydrogen-bond acceptors (Lipinski definition) is 5. The number of piperidine rings is 1. The second-order valence-electron chi connectivity index (χ2n) is 5.11. The Bertz CT molecular complexity index is 482. The number of hydrogen-bond donors (Lipinski definition) is 1. The number of nitrogens with one attached hydrogen (secondary N) is 1. The summed E-state index contributed by atoms with van der Waals surface area (Å²) in [4.78, 5) is 6.48. The van der Waals surface area contributed by atoms with E-state index in [-0.39, 0.29) is 5.75 Å². The van der Waals surface area contributed by atoms with Crippen LogP contribution in [0.3, 0.4) is 0 Å². The van der Waals surface area contributed by atoms with Gasteiger partial charge in [-0.25, -0.2) is 13.4 Å². The zero-order valence-electron chi connectivity index (χ0n) is 11.2. The molecule has 1 saturated heterocycles. The average molecular weight is 283 g/mol. The van der Waals surface area contributed by atoms with Crippen molar-refractivity contribution >= 4 is 15.7 Å². The highest BCUT2D eigenvalue weighted by atomic mass is 32.2. The minimum atomic E-state index is -2.85. The molecule has 106 valence electrons. The van der Waals surface area contributed by atoms with E-state index in [0.29, 0.717) is 12.6 Å². The van der Waals surface area contributed by atoms with Crippen molar-refractivity contribution < 1.29 is 8.42 Å². The van der Waals surface area contributed by atoms with Gasteiger partial charge in [0.25, 0.3) is 0 Å². The summed E-state index contributed by atoms with van der Waals surface area (Å²) in [5.74, 6) is 1.17. The highest BCUT2D eigenvalue weighted by Crippen LogP contribution is 2.14. The van der Waals surface area contributed by atoms with Gasteiger partial charge in [-0.05, 0) is 25.0 Å². The first-order valence-corrected chi connectivity index (χ1v) is 8.67. The van der Waals surface area contributed by atoms with Gasteiger partial charge in [0.15, 0.2) is 0 Å². The number of aromatic nitrogens is 1. The summed E-state index contributed by atoms with van der Waals surface area (Å²) in [6, 6.07) is 6.27. The fourth-order valence-corrected chi connectivity index (χ4v) is 2.84. The molecule has 1 fully saturated rings. The third kappa shape index (κ3) is 5.16. The van der Waals surface area contributed by atoms with Crippen molar-refractivity contribution in [1.82, 2.24) is 9.88 Å². The van der Waals surface area contributed by atoms with Crippen molar-refractivity contribution in [2.24, 2.45) is 0 Å². The van der Waals surface area contributed by atoms with Gasteiger partial charge in [0, 0.05) is 38.1 Å². The Hall–Kier alpha value is -1.14. The minimum absolute atomic E-state index is 0.255. The third-order valence-electron chi connectivity index (χ3n) is 3.38. The summed E-state index contributed by atoms with van der Waals surface area (Å²) < 4.78 is 22.3. The van der Waals surface area contributed by atoms with Crippen LogP contribution in [-0.2, 0) is 9.84 Å². The number of pyridine rings is 1. The van der Waals surface area contributed by atoms with E-state index in [1.54, 1.807) is 6.20 Å². The lowest BCUT2D eigenvalue weighted by Crippen LogP contribution is -2.41. The number of sulfone groups is 1. The van der Waals surface area contributed by atoms with Crippen LogP contribution >= 0.6 is 0 Å². The molecule has 0 radical (unpaired) electrons. The van der Waals surface area contributed by atoms with Gasteiger partial charge in [0.2, 0.25) is 0 Å². The molecule has 1 N–H and O–H groups in total. The van der Waals surface area contributed by atoms with Gasteiger partial charge in [-0.1, -0.05) is 6.07 Å². The second-order valence-corrected chi connectivity index (χ2v) is 7.36. The molecule has 0 bridgehead atoms. The first-order valence-electron chi connectivity index (χ1n) is 6.60. The summed E-state index contributed by atoms with van der Waals surface area (Å²) in [5.41, 5.74) is 0. The molecule has 0 unspecified atom stereocenters. The Labute approximate surface area is 114 Å². The monoisotopic (exact) mass is 283 g/mol. The lowest BCUT2D eigenvalue weighted by Gasteiger charge is -2.32. The van der Waals surface area contributed by atoms with Crippen LogP contribution in [-0.4, -0.2) is 56.0 Å². The molecule has 5 nitrogen and oxygen atoms in total. The van der Waals surface area contributed by atoms with Crippen LogP contribution in [0.2, 0.25) is 0 Å². The highest BCUT2D eigenvalue weighted by Gasteiger charge is 2.19. The molecule has 1 aliphatic heterocycles. The topological polar surface area (TPSA) is 62.3 Å². The van der Waals surface area contributed by atoms with Crippen LogP contribution in [0.15, 0.2) is 24.4 Å². The van der Waals surface area contributed by atoms with Crippen molar-refractivity contribution in [2.75, 3.05) is 37.0 Å². The predicted octanol–water partition coefficient (Wildman–Crippen LogP) is 1.00. The van der Waals surface area contributed by atoms with Crippen molar-refractivity contribution in [3.8, 4) is 0 Å². The van der Waals surface area contributed by atoms with Crippen LogP contribution in [0.1, 0.15) is 12.8 Å². The van der Waals surface area contributed by atoms with E-state index >= 15 is 0 Å². The second kappa shape index (κ2) is 6.34. The van der Waals surface area contributed by atoms with Gasteiger partial charge in [-0.15, -0.1) is 0 Å². The molecule has 2 rings (SSSR count). The van der Waals surface area contributed by atoms with E-state index in [9.17, 15) is 8.42 Å². The lowest BCUT2D eigenvalue weighted by atomic mass is 10.1. The summed E-state index contributed by atoms with van der Waals surface area (Å²) in [7, 11) is -2.85. The Morgan fingerprint density at radius 1 is 1.37 bits per heavy atom. The SMILES string of the molecule is CS(=O)(=O)CCN1CCC(Nc2ccccn2)CC1. The normalized spacial score (nSPS) is 18.4. The van der Waals surface area contributed by atoms with Gasteiger partial charge in [0.1, 0.15) is 15.7 Å². The quantitative estimate of drug-likeness (QED) is 0.873. The third-order valence-corrected chi connectivity index (χ3v) is 4.31. The molecule has 0 atom stereocenters. The fourth-order valence-electron chi connectivity index (χ4n) is 2.25. The van der Waals surface area contributed by atoms with Crippen LogP contribution in [0.25, 0.3) is 0 Å². The maximum Gasteiger partial charge on any atom is 0.148 e. The van der Waals surface area contributed by atoms with E-state index in [2.05, 4.69) is 15.2 Å². The number of nitrogens with zero attached hydrogens (tertiary/aromatic N) is 2. The van der Waals surface area contributed by atoms with E-state index in [1.807, 2.05) is 18.2 Å². The molecular weight excluding hydrogens is 262 g/mol. The van der Waals surface area contributed by atoms with Gasteiger partial charge in [0.05, 0.1) is 5.75 Å². The van der Waals surface area contributed by atoms with Gasteiger partial charge in [-0.3, -0.25) is 0 Å². The summed E-state index contributed by atoms with van der Waals surface area (Å²) >= 11 is 0. The molecule has 0 spiro atoms. The van der Waals surface area contributed by atoms with Crippen molar-refractivity contribution in [1.29, 1.82) is 0 Å². The van der Waals surface area contributed by atoms with Crippen molar-refractivity contribution in [3.63, 3.8) is 0 Å². The molecule has 0 saturated carbocycles. The van der Waals surface area contributed by atoms with E-state index in [0.717, 1.165) is 31.7 Å². The lowest BCUT2D eigenvalue weighted by molar-refractivity contribution is 0.230. The molecule has 1 aliphatic rings. The van der Waals surface area contributed by atoms with Crippen molar-refractivity contribution in [3.05, 3.63) is 24.4 Å². The maximum absolute atomic E-state index is 11.1. The molecule has 2 heterocycles. The van der Waals surface area contributed by atoms with E-state index in [1.165, 1.54) is 6.26 Å². The van der Waals surface area contributed by atoms with E-state index in [4.69, 9.17) is 0 Å². The standard InChI is InChI=1S/C13H21N3O2S/c1-19(17,18)11-10-16-8-5-12(6-9-16)15-13-4-2-3-7-14-13/h2-4,7,12H,5-6,8-11H2,1H3,(H,14,15). The van der Waals surface area contributed by atoms with Gasteiger partial charge < -0.3 is 10.2 Å². The number of rotatable bonds is 5. The number of anilines is 1. The molecule has 0 aromatic carbocycles. The average Bonchev–Trinajstić information content (AvgIpc) is 2.38. The molecule has 1 aromatic rings. The first-order chi connectivity index (χ1) is 9.03. The van der Waals surface area contributed by atoms with E-state index < -0.39 is 9.84 Å². The fraction of sp³-hybridized carbons (Fsp3) is 0.615. The molecule has 0 aliphatic carbocycles. The van der Waals surface area contributed by atoms with Crippen LogP contribution < -0.4 is 5.32 Å². The summed E-state index contributed by atoms with van der Waals surface area (Å²) in [5, 5.41) is 3.42. The van der Waals surface area contributed by atoms with Gasteiger partial charge in [-0.2, -0.15) is 0 Å². The maximum atomic E-state index is 11.1. The Morgan fingerprint density at radius 3 is 2.68 bits per heavy atom. The summed E-state index contributed by atoms with van der Waals surface area (Å²) in [6.45, 7) is 2.54. The molecular formula is C13H21N3O2S.